The monoisotopic (exact) mass is 354 g/mol. The molecular formula is C15H18N2O4S2. The first-order valence-corrected chi connectivity index (χ1v) is 9.57. The molecule has 1 aromatic carbocycles. The van der Waals surface area contributed by atoms with Crippen LogP contribution in [0.4, 0.5) is 5.13 Å². The first-order chi connectivity index (χ1) is 11.0. The average molecular weight is 354 g/mol. The van der Waals surface area contributed by atoms with Crippen LogP contribution in [0.15, 0.2) is 23.1 Å². The molecule has 0 aliphatic heterocycles. The third kappa shape index (κ3) is 3.28. The van der Waals surface area contributed by atoms with Gasteiger partial charge in [0.15, 0.2) is 5.13 Å². The van der Waals surface area contributed by atoms with Gasteiger partial charge in [-0.05, 0) is 37.8 Å². The average Bonchev–Trinajstić information content (AvgIpc) is 2.95. The second-order valence-corrected chi connectivity index (χ2v) is 7.95. The Hall–Kier alpha value is -1.80. The van der Waals surface area contributed by atoms with Gasteiger partial charge in [-0.25, -0.2) is 13.4 Å². The number of fused-ring (bicyclic) bond motifs is 1. The summed E-state index contributed by atoms with van der Waals surface area (Å²) in [6.45, 7) is 0. The Kier molecular flexibility index (Phi) is 4.45. The number of aromatic nitrogens is 1. The summed E-state index contributed by atoms with van der Waals surface area (Å²) in [7, 11) is -0.822. The third-order valence-corrected chi connectivity index (χ3v) is 6.31. The Balaban J connectivity index is 1.91. The number of nitrogens with one attached hydrogen (secondary N) is 1. The number of ether oxygens (including phenoxy) is 2. The van der Waals surface area contributed by atoms with Crippen molar-refractivity contribution in [3.63, 3.8) is 0 Å². The molecule has 1 heterocycles. The minimum Gasteiger partial charge on any atom is -0.497 e. The number of hydrogen-bond acceptors (Lipinski definition) is 6. The molecule has 0 spiro atoms. The number of hydrogen-bond donors (Lipinski definition) is 1. The van der Waals surface area contributed by atoms with E-state index in [0.29, 0.717) is 10.9 Å². The standard InChI is InChI=1S/C15H18N2O4S2/c1-20-10-7-8-14(12(9-10)21-2)23(18,19)17-15-16-11-5-3-4-6-13(11)22-15/h7-9H,3-6H2,1-2H3,(H,16,17). The van der Waals surface area contributed by atoms with Crippen LogP contribution in [0.2, 0.25) is 0 Å². The van der Waals surface area contributed by atoms with Crippen molar-refractivity contribution in [3.8, 4) is 11.5 Å². The van der Waals surface area contributed by atoms with Crippen LogP contribution in [0, 0.1) is 0 Å². The van der Waals surface area contributed by atoms with Crippen molar-refractivity contribution in [2.45, 2.75) is 30.6 Å². The Bertz CT molecular complexity index is 791. The number of methoxy groups -OCH3 is 2. The summed E-state index contributed by atoms with van der Waals surface area (Å²) in [4.78, 5) is 5.65. The molecule has 6 nitrogen and oxygen atoms in total. The molecule has 1 aliphatic carbocycles. The van der Waals surface area contributed by atoms with Gasteiger partial charge in [-0.15, -0.1) is 11.3 Å². The maximum Gasteiger partial charge on any atom is 0.267 e. The fourth-order valence-corrected chi connectivity index (χ4v) is 5.00. The van der Waals surface area contributed by atoms with Crippen molar-refractivity contribution in [1.29, 1.82) is 0 Å². The molecule has 0 radical (unpaired) electrons. The van der Waals surface area contributed by atoms with Crippen molar-refractivity contribution >= 4 is 26.5 Å². The normalized spacial score (nSPS) is 14.2. The minimum atomic E-state index is -3.76. The van der Waals surface area contributed by atoms with Crippen LogP contribution in [-0.2, 0) is 22.9 Å². The Labute approximate surface area is 139 Å². The quantitative estimate of drug-likeness (QED) is 0.893. The van der Waals surface area contributed by atoms with E-state index in [2.05, 4.69) is 9.71 Å². The van der Waals surface area contributed by atoms with Gasteiger partial charge in [-0.2, -0.15) is 0 Å². The molecule has 124 valence electrons. The molecule has 2 aromatic rings. The van der Waals surface area contributed by atoms with Gasteiger partial charge in [0.1, 0.15) is 16.4 Å². The van der Waals surface area contributed by atoms with E-state index in [0.717, 1.165) is 31.4 Å². The second kappa shape index (κ2) is 6.37. The minimum absolute atomic E-state index is 0.0639. The first kappa shape index (κ1) is 16.1. The van der Waals surface area contributed by atoms with Gasteiger partial charge in [-0.3, -0.25) is 4.72 Å². The number of rotatable bonds is 5. The zero-order valence-corrected chi connectivity index (χ0v) is 14.6. The van der Waals surface area contributed by atoms with E-state index in [1.807, 2.05) is 0 Å². The molecule has 0 unspecified atom stereocenters. The summed E-state index contributed by atoms with van der Waals surface area (Å²) >= 11 is 1.41. The SMILES string of the molecule is COc1ccc(S(=O)(=O)Nc2nc3c(s2)CCCC3)c(OC)c1. The van der Waals surface area contributed by atoms with E-state index in [4.69, 9.17) is 9.47 Å². The number of sulfonamides is 1. The van der Waals surface area contributed by atoms with Gasteiger partial charge in [0.05, 0.1) is 19.9 Å². The van der Waals surface area contributed by atoms with Crippen molar-refractivity contribution in [1.82, 2.24) is 4.98 Å². The lowest BCUT2D eigenvalue weighted by Gasteiger charge is -2.11. The van der Waals surface area contributed by atoms with Gasteiger partial charge < -0.3 is 9.47 Å². The predicted octanol–water partition coefficient (Wildman–Crippen LogP) is 2.84. The highest BCUT2D eigenvalue weighted by Gasteiger charge is 2.23. The molecule has 0 bridgehead atoms. The number of thiazole rings is 1. The fourth-order valence-electron chi connectivity index (χ4n) is 2.56. The molecular weight excluding hydrogens is 336 g/mol. The summed E-state index contributed by atoms with van der Waals surface area (Å²) in [5, 5.41) is 0.412. The molecule has 0 amide bonds. The van der Waals surface area contributed by atoms with Gasteiger partial charge in [0, 0.05) is 10.9 Å². The van der Waals surface area contributed by atoms with Crippen LogP contribution in [0.3, 0.4) is 0 Å². The molecule has 23 heavy (non-hydrogen) atoms. The van der Waals surface area contributed by atoms with E-state index in [9.17, 15) is 8.42 Å². The molecule has 0 atom stereocenters. The zero-order chi connectivity index (χ0) is 16.4. The smallest absolute Gasteiger partial charge is 0.267 e. The van der Waals surface area contributed by atoms with E-state index in [1.165, 1.54) is 36.5 Å². The Morgan fingerprint density at radius 2 is 1.96 bits per heavy atom. The van der Waals surface area contributed by atoms with Crippen LogP contribution in [0.1, 0.15) is 23.4 Å². The van der Waals surface area contributed by atoms with Gasteiger partial charge in [0.25, 0.3) is 10.0 Å². The maximum atomic E-state index is 12.6. The predicted molar refractivity (Wildman–Crippen MR) is 89.1 cm³/mol. The van der Waals surface area contributed by atoms with Crippen molar-refractivity contribution < 1.29 is 17.9 Å². The lowest BCUT2D eigenvalue weighted by atomic mass is 10.0. The maximum absolute atomic E-state index is 12.6. The molecule has 1 aromatic heterocycles. The molecule has 1 N–H and O–H groups in total. The van der Waals surface area contributed by atoms with Gasteiger partial charge in [0.2, 0.25) is 0 Å². The second-order valence-electron chi connectivity index (χ2n) is 5.22. The number of anilines is 1. The summed E-state index contributed by atoms with van der Waals surface area (Å²) in [6.07, 6.45) is 4.13. The zero-order valence-electron chi connectivity index (χ0n) is 13.0. The number of aryl methyl sites for hydroxylation is 2. The van der Waals surface area contributed by atoms with Crippen LogP contribution in [-0.4, -0.2) is 27.6 Å². The van der Waals surface area contributed by atoms with Crippen LogP contribution < -0.4 is 14.2 Å². The van der Waals surface area contributed by atoms with Crippen molar-refractivity contribution in [3.05, 3.63) is 28.8 Å². The Morgan fingerprint density at radius 1 is 1.17 bits per heavy atom. The highest BCUT2D eigenvalue weighted by atomic mass is 32.2. The third-order valence-electron chi connectivity index (χ3n) is 3.73. The summed E-state index contributed by atoms with van der Waals surface area (Å²) in [5.41, 5.74) is 1.01. The van der Waals surface area contributed by atoms with Crippen LogP contribution in [0.5, 0.6) is 11.5 Å². The first-order valence-electron chi connectivity index (χ1n) is 7.27. The fraction of sp³-hybridized carbons (Fsp3) is 0.400. The topological polar surface area (TPSA) is 77.5 Å². The van der Waals surface area contributed by atoms with Gasteiger partial charge >= 0.3 is 0 Å². The van der Waals surface area contributed by atoms with Crippen LogP contribution >= 0.6 is 11.3 Å². The summed E-state index contributed by atoms with van der Waals surface area (Å²) < 4.78 is 38.1. The van der Waals surface area contributed by atoms with E-state index < -0.39 is 10.0 Å². The molecule has 3 rings (SSSR count). The van der Waals surface area contributed by atoms with Crippen LogP contribution in [0.25, 0.3) is 0 Å². The molecule has 0 saturated carbocycles. The van der Waals surface area contributed by atoms with E-state index in [1.54, 1.807) is 12.1 Å². The van der Waals surface area contributed by atoms with E-state index >= 15 is 0 Å². The summed E-state index contributed by atoms with van der Waals surface area (Å²) in [6, 6.07) is 4.60. The largest absolute Gasteiger partial charge is 0.497 e. The lowest BCUT2D eigenvalue weighted by molar-refractivity contribution is 0.386. The van der Waals surface area contributed by atoms with Gasteiger partial charge in [-0.1, -0.05) is 0 Å². The lowest BCUT2D eigenvalue weighted by Crippen LogP contribution is -2.14. The van der Waals surface area contributed by atoms with Crippen molar-refractivity contribution in [2.75, 3.05) is 18.9 Å². The number of benzene rings is 1. The van der Waals surface area contributed by atoms with Crippen molar-refractivity contribution in [2.24, 2.45) is 0 Å². The Morgan fingerprint density at radius 3 is 2.65 bits per heavy atom. The highest BCUT2D eigenvalue weighted by Crippen LogP contribution is 2.33. The molecule has 0 saturated heterocycles. The molecule has 1 aliphatic rings. The molecule has 0 fully saturated rings. The summed E-state index contributed by atoms with van der Waals surface area (Å²) in [5.74, 6) is 0.767. The molecule has 8 heteroatoms. The number of nitrogens with zero attached hydrogens (tertiary/aromatic N) is 1. The highest BCUT2D eigenvalue weighted by molar-refractivity contribution is 7.93. The van der Waals surface area contributed by atoms with E-state index in [-0.39, 0.29) is 10.6 Å².